The van der Waals surface area contributed by atoms with Crippen LogP contribution in [-0.2, 0) is 14.3 Å². The first-order valence-corrected chi connectivity index (χ1v) is 8.93. The maximum Gasteiger partial charge on any atom is 0.303 e. The van der Waals surface area contributed by atoms with Crippen molar-refractivity contribution in [3.63, 3.8) is 0 Å². The molecule has 136 valence electrons. The van der Waals surface area contributed by atoms with Crippen LogP contribution >= 0.6 is 0 Å². The van der Waals surface area contributed by atoms with Crippen LogP contribution in [0.4, 0.5) is 11.4 Å². The highest BCUT2D eigenvalue weighted by Gasteiger charge is 2.24. The first kappa shape index (κ1) is 18.0. The van der Waals surface area contributed by atoms with Gasteiger partial charge in [-0.2, -0.15) is 0 Å². The number of nitrogens with one attached hydrogen (secondary N) is 1. The van der Waals surface area contributed by atoms with Gasteiger partial charge in [-0.25, -0.2) is 0 Å². The predicted octanol–water partition coefficient (Wildman–Crippen LogP) is 3.84. The molecular formula is C21H24N2O3. The fourth-order valence-corrected chi connectivity index (χ4v) is 3.26. The van der Waals surface area contributed by atoms with Gasteiger partial charge in [0.2, 0.25) is 6.10 Å². The van der Waals surface area contributed by atoms with Gasteiger partial charge in [-0.05, 0) is 37.5 Å². The number of hydrogen-bond donors (Lipinski definition) is 1. The lowest BCUT2D eigenvalue weighted by atomic mass is 10.1. The Morgan fingerprint density at radius 2 is 1.77 bits per heavy atom. The number of rotatable bonds is 5. The van der Waals surface area contributed by atoms with E-state index in [1.165, 1.54) is 25.3 Å². The summed E-state index contributed by atoms with van der Waals surface area (Å²) >= 11 is 0. The lowest BCUT2D eigenvalue weighted by molar-refractivity contribution is -0.152. The fourth-order valence-electron chi connectivity index (χ4n) is 3.26. The average molecular weight is 352 g/mol. The molecule has 2 aromatic rings. The van der Waals surface area contributed by atoms with Gasteiger partial charge in [-0.3, -0.25) is 9.59 Å². The normalized spacial score (nSPS) is 14.8. The first-order valence-electron chi connectivity index (χ1n) is 8.93. The number of carbonyl (C=O) groups is 2. The van der Waals surface area contributed by atoms with Gasteiger partial charge in [0.1, 0.15) is 0 Å². The smallest absolute Gasteiger partial charge is 0.303 e. The lowest BCUT2D eigenvalue weighted by Crippen LogP contribution is -2.25. The molecule has 5 heteroatoms. The summed E-state index contributed by atoms with van der Waals surface area (Å²) < 4.78 is 5.26. The van der Waals surface area contributed by atoms with Crippen molar-refractivity contribution in [2.75, 3.05) is 23.3 Å². The highest BCUT2D eigenvalue weighted by atomic mass is 16.5. The van der Waals surface area contributed by atoms with Gasteiger partial charge in [0.05, 0.1) is 0 Å². The second-order valence-corrected chi connectivity index (χ2v) is 6.58. The third kappa shape index (κ3) is 4.23. The Morgan fingerprint density at radius 3 is 2.42 bits per heavy atom. The van der Waals surface area contributed by atoms with E-state index in [4.69, 9.17) is 4.74 Å². The fraction of sp³-hybridized carbons (Fsp3) is 0.333. The maximum absolute atomic E-state index is 12.8. The number of nitrogens with zero attached hydrogens (tertiary/aromatic N) is 1. The summed E-state index contributed by atoms with van der Waals surface area (Å²) in [7, 11) is 0. The Balaban J connectivity index is 1.81. The van der Waals surface area contributed by atoms with E-state index >= 15 is 0 Å². The van der Waals surface area contributed by atoms with E-state index in [1.54, 1.807) is 12.1 Å². The van der Waals surface area contributed by atoms with E-state index in [-0.39, 0.29) is 5.91 Å². The molecule has 1 saturated heterocycles. The van der Waals surface area contributed by atoms with E-state index in [0.717, 1.165) is 18.8 Å². The summed E-state index contributed by atoms with van der Waals surface area (Å²) in [5.74, 6) is -0.849. The number of aryl methyl sites for hydroxylation is 1. The highest BCUT2D eigenvalue weighted by molar-refractivity contribution is 5.96. The zero-order valence-electron chi connectivity index (χ0n) is 15.2. The summed E-state index contributed by atoms with van der Waals surface area (Å²) in [5.41, 5.74) is 3.68. The topological polar surface area (TPSA) is 58.6 Å². The quantitative estimate of drug-likeness (QED) is 0.831. The molecule has 3 rings (SSSR count). The van der Waals surface area contributed by atoms with Crippen molar-refractivity contribution < 1.29 is 14.3 Å². The van der Waals surface area contributed by atoms with Crippen molar-refractivity contribution in [3.8, 4) is 0 Å². The van der Waals surface area contributed by atoms with Gasteiger partial charge in [0.25, 0.3) is 5.91 Å². The number of carbonyl (C=O) groups excluding carboxylic acids is 2. The van der Waals surface area contributed by atoms with E-state index in [1.807, 2.05) is 36.4 Å². The molecule has 1 amide bonds. The van der Waals surface area contributed by atoms with Crippen LogP contribution < -0.4 is 10.2 Å². The van der Waals surface area contributed by atoms with E-state index in [9.17, 15) is 9.59 Å². The third-order valence-electron chi connectivity index (χ3n) is 4.55. The second-order valence-electron chi connectivity index (χ2n) is 6.58. The van der Waals surface area contributed by atoms with Crippen molar-refractivity contribution in [3.05, 3.63) is 59.7 Å². The van der Waals surface area contributed by atoms with Crippen molar-refractivity contribution in [1.82, 2.24) is 0 Å². The zero-order chi connectivity index (χ0) is 18.5. The summed E-state index contributed by atoms with van der Waals surface area (Å²) in [6, 6.07) is 14.9. The van der Waals surface area contributed by atoms with Crippen LogP contribution in [0.5, 0.6) is 0 Å². The molecule has 1 aliphatic rings. The first-order chi connectivity index (χ1) is 12.5. The molecule has 0 bridgehead atoms. The van der Waals surface area contributed by atoms with Gasteiger partial charge in [0.15, 0.2) is 0 Å². The van der Waals surface area contributed by atoms with Crippen molar-refractivity contribution in [2.24, 2.45) is 0 Å². The number of amides is 1. The molecule has 0 radical (unpaired) electrons. The standard InChI is InChI=1S/C21H24N2O3/c1-15-10-11-18(14-19(15)23-12-6-7-13-23)22-21(25)20(26-16(2)24)17-8-4-3-5-9-17/h3-5,8-11,14,20H,6-7,12-13H2,1-2H3,(H,22,25). The molecule has 0 spiro atoms. The van der Waals surface area contributed by atoms with Gasteiger partial charge in [-0.15, -0.1) is 0 Å². The molecule has 1 aliphatic heterocycles. The van der Waals surface area contributed by atoms with Crippen LogP contribution in [0.15, 0.2) is 48.5 Å². The number of benzene rings is 2. The second kappa shape index (κ2) is 8.04. The Labute approximate surface area is 154 Å². The molecule has 1 fully saturated rings. The van der Waals surface area contributed by atoms with Gasteiger partial charge in [0, 0.05) is 37.0 Å². The molecule has 2 aromatic carbocycles. The minimum atomic E-state index is -0.967. The average Bonchev–Trinajstić information content (AvgIpc) is 3.16. The zero-order valence-corrected chi connectivity index (χ0v) is 15.2. The maximum atomic E-state index is 12.8. The largest absolute Gasteiger partial charge is 0.447 e. The molecule has 26 heavy (non-hydrogen) atoms. The van der Waals surface area contributed by atoms with E-state index in [0.29, 0.717) is 11.3 Å². The van der Waals surface area contributed by atoms with E-state index < -0.39 is 12.1 Å². The van der Waals surface area contributed by atoms with Crippen LogP contribution in [0.3, 0.4) is 0 Å². The number of ether oxygens (including phenoxy) is 1. The SMILES string of the molecule is CC(=O)OC(C(=O)Nc1ccc(C)c(N2CCCC2)c1)c1ccccc1. The Morgan fingerprint density at radius 1 is 1.08 bits per heavy atom. The summed E-state index contributed by atoms with van der Waals surface area (Å²) in [6.45, 7) is 5.46. The van der Waals surface area contributed by atoms with Crippen LogP contribution in [0.2, 0.25) is 0 Å². The molecule has 1 unspecified atom stereocenters. The van der Waals surface area contributed by atoms with Crippen LogP contribution in [0, 0.1) is 6.92 Å². The monoisotopic (exact) mass is 352 g/mol. The van der Waals surface area contributed by atoms with Crippen LogP contribution in [0.25, 0.3) is 0 Å². The minimum absolute atomic E-state index is 0.359. The van der Waals surface area contributed by atoms with Crippen LogP contribution in [-0.4, -0.2) is 25.0 Å². The van der Waals surface area contributed by atoms with Crippen LogP contribution in [0.1, 0.15) is 37.0 Å². The Hall–Kier alpha value is -2.82. The van der Waals surface area contributed by atoms with Gasteiger partial charge < -0.3 is 15.0 Å². The molecule has 0 aromatic heterocycles. The van der Waals surface area contributed by atoms with Crippen molar-refractivity contribution in [2.45, 2.75) is 32.8 Å². The lowest BCUT2D eigenvalue weighted by Gasteiger charge is -2.22. The number of hydrogen-bond acceptors (Lipinski definition) is 4. The van der Waals surface area contributed by atoms with Gasteiger partial charge >= 0.3 is 5.97 Å². The van der Waals surface area contributed by atoms with E-state index in [2.05, 4.69) is 17.1 Å². The molecular weight excluding hydrogens is 328 g/mol. The molecule has 1 N–H and O–H groups in total. The third-order valence-corrected chi connectivity index (χ3v) is 4.55. The molecule has 5 nitrogen and oxygen atoms in total. The van der Waals surface area contributed by atoms with Crippen molar-refractivity contribution in [1.29, 1.82) is 0 Å². The summed E-state index contributed by atoms with van der Waals surface area (Å²) in [4.78, 5) is 26.6. The summed E-state index contributed by atoms with van der Waals surface area (Å²) in [6.07, 6.45) is 1.42. The molecule has 0 aliphatic carbocycles. The molecule has 1 heterocycles. The highest BCUT2D eigenvalue weighted by Crippen LogP contribution is 2.28. The number of anilines is 2. The predicted molar refractivity (Wildman–Crippen MR) is 102 cm³/mol. The number of esters is 1. The minimum Gasteiger partial charge on any atom is -0.447 e. The van der Waals surface area contributed by atoms with Crippen molar-refractivity contribution >= 4 is 23.3 Å². The van der Waals surface area contributed by atoms with Gasteiger partial charge in [-0.1, -0.05) is 36.4 Å². The molecule has 1 atom stereocenters. The Bertz CT molecular complexity index is 783. The summed E-state index contributed by atoms with van der Waals surface area (Å²) in [5, 5.41) is 2.89. The Kier molecular flexibility index (Phi) is 5.56. The molecule has 0 saturated carbocycles.